The summed E-state index contributed by atoms with van der Waals surface area (Å²) in [6, 6.07) is 14.9. The molecule has 0 aromatic heterocycles. The van der Waals surface area contributed by atoms with E-state index in [4.69, 9.17) is 11.6 Å². The first kappa shape index (κ1) is 14.0. The molecular formula is C17H17BrClN. The predicted octanol–water partition coefficient (Wildman–Crippen LogP) is 5.84. The highest BCUT2D eigenvalue weighted by Gasteiger charge is 2.38. The van der Waals surface area contributed by atoms with Crippen molar-refractivity contribution in [3.05, 3.63) is 63.1 Å². The van der Waals surface area contributed by atoms with Crippen LogP contribution in [-0.2, 0) is 6.42 Å². The molecule has 0 fully saturated rings. The van der Waals surface area contributed by atoms with Crippen molar-refractivity contribution in [3.8, 4) is 0 Å². The van der Waals surface area contributed by atoms with Gasteiger partial charge in [0, 0.05) is 4.47 Å². The highest BCUT2D eigenvalue weighted by molar-refractivity contribution is 9.10. The van der Waals surface area contributed by atoms with E-state index in [1.807, 2.05) is 18.2 Å². The van der Waals surface area contributed by atoms with Crippen molar-refractivity contribution in [1.82, 2.24) is 0 Å². The van der Waals surface area contributed by atoms with E-state index in [2.05, 4.69) is 59.4 Å². The molecule has 0 saturated carbocycles. The second-order valence-electron chi connectivity index (χ2n) is 6.07. The molecule has 0 aliphatic heterocycles. The third-order valence-corrected chi connectivity index (χ3v) is 4.84. The van der Waals surface area contributed by atoms with Gasteiger partial charge in [-0.1, -0.05) is 65.6 Å². The molecule has 0 saturated heterocycles. The molecule has 1 aliphatic rings. The maximum Gasteiger partial charge on any atom is 0.0638 e. The lowest BCUT2D eigenvalue weighted by atomic mass is 9.85. The van der Waals surface area contributed by atoms with E-state index in [-0.39, 0.29) is 11.5 Å². The van der Waals surface area contributed by atoms with Gasteiger partial charge in [-0.3, -0.25) is 0 Å². The molecule has 0 spiro atoms. The van der Waals surface area contributed by atoms with Crippen molar-refractivity contribution in [1.29, 1.82) is 0 Å². The van der Waals surface area contributed by atoms with Crippen LogP contribution in [0.5, 0.6) is 0 Å². The Morgan fingerprint density at radius 2 is 1.95 bits per heavy atom. The number of fused-ring (bicyclic) bond motifs is 1. The molecule has 0 bridgehead atoms. The second kappa shape index (κ2) is 5.09. The van der Waals surface area contributed by atoms with Crippen molar-refractivity contribution in [3.63, 3.8) is 0 Å². The van der Waals surface area contributed by atoms with Gasteiger partial charge >= 0.3 is 0 Å². The zero-order valence-electron chi connectivity index (χ0n) is 11.6. The fraction of sp³-hybridized carbons (Fsp3) is 0.294. The van der Waals surface area contributed by atoms with E-state index in [1.165, 1.54) is 11.1 Å². The van der Waals surface area contributed by atoms with Gasteiger partial charge in [0.05, 0.1) is 16.8 Å². The Hall–Kier alpha value is -0.990. The maximum atomic E-state index is 6.31. The molecule has 2 aromatic carbocycles. The maximum absolute atomic E-state index is 6.31. The molecule has 0 amide bonds. The van der Waals surface area contributed by atoms with Gasteiger partial charge in [-0.05, 0) is 41.2 Å². The molecule has 1 atom stereocenters. The van der Waals surface area contributed by atoms with Crippen LogP contribution in [0.2, 0.25) is 5.02 Å². The van der Waals surface area contributed by atoms with E-state index < -0.39 is 0 Å². The Kier molecular flexibility index (Phi) is 3.55. The highest BCUT2D eigenvalue weighted by atomic mass is 79.9. The Balaban J connectivity index is 1.99. The van der Waals surface area contributed by atoms with Crippen molar-refractivity contribution in [2.75, 3.05) is 5.32 Å². The Bertz CT molecular complexity index is 651. The molecule has 2 aromatic rings. The van der Waals surface area contributed by atoms with E-state index >= 15 is 0 Å². The molecule has 3 rings (SSSR count). The molecule has 20 heavy (non-hydrogen) atoms. The van der Waals surface area contributed by atoms with Gasteiger partial charge in [0.1, 0.15) is 0 Å². The van der Waals surface area contributed by atoms with E-state index in [1.54, 1.807) is 0 Å². The van der Waals surface area contributed by atoms with Crippen LogP contribution < -0.4 is 5.32 Å². The highest BCUT2D eigenvalue weighted by Crippen LogP contribution is 2.47. The standard InChI is InChI=1S/C17H17BrClN/c1-17(2)10-11-5-3-4-6-13(11)16(17)20-15-9-12(18)7-8-14(15)19/h3-9,16,20H,10H2,1-2H3. The average Bonchev–Trinajstić information content (AvgIpc) is 2.65. The van der Waals surface area contributed by atoms with Gasteiger partial charge in [-0.25, -0.2) is 0 Å². The zero-order chi connectivity index (χ0) is 14.3. The number of anilines is 1. The van der Waals surface area contributed by atoms with Crippen molar-refractivity contribution in [2.45, 2.75) is 26.3 Å². The van der Waals surface area contributed by atoms with Gasteiger partial charge in [-0.2, -0.15) is 0 Å². The van der Waals surface area contributed by atoms with E-state index in [0.29, 0.717) is 0 Å². The molecule has 0 heterocycles. The van der Waals surface area contributed by atoms with Gasteiger partial charge in [0.2, 0.25) is 0 Å². The number of rotatable bonds is 2. The molecule has 3 heteroatoms. The first-order valence-corrected chi connectivity index (χ1v) is 7.94. The van der Waals surface area contributed by atoms with Crippen LogP contribution in [0.15, 0.2) is 46.9 Å². The third kappa shape index (κ3) is 2.47. The van der Waals surface area contributed by atoms with Gasteiger partial charge in [0.15, 0.2) is 0 Å². The largest absolute Gasteiger partial charge is 0.376 e. The summed E-state index contributed by atoms with van der Waals surface area (Å²) in [4.78, 5) is 0. The predicted molar refractivity (Wildman–Crippen MR) is 89.4 cm³/mol. The Labute approximate surface area is 133 Å². The summed E-state index contributed by atoms with van der Waals surface area (Å²) >= 11 is 9.82. The second-order valence-corrected chi connectivity index (χ2v) is 7.39. The van der Waals surface area contributed by atoms with Crippen LogP contribution in [0.3, 0.4) is 0 Å². The van der Waals surface area contributed by atoms with Crippen molar-refractivity contribution < 1.29 is 0 Å². The SMILES string of the molecule is CC1(C)Cc2ccccc2C1Nc1cc(Br)ccc1Cl. The number of nitrogens with one attached hydrogen (secondary N) is 1. The smallest absolute Gasteiger partial charge is 0.0638 e. The van der Waals surface area contributed by atoms with Gasteiger partial charge in [0.25, 0.3) is 0 Å². The number of hydrogen-bond acceptors (Lipinski definition) is 1. The minimum Gasteiger partial charge on any atom is -0.376 e. The summed E-state index contributed by atoms with van der Waals surface area (Å²) in [7, 11) is 0. The van der Waals surface area contributed by atoms with Gasteiger partial charge < -0.3 is 5.32 Å². The monoisotopic (exact) mass is 349 g/mol. The molecule has 1 unspecified atom stereocenters. The van der Waals surface area contributed by atoms with Crippen LogP contribution in [-0.4, -0.2) is 0 Å². The first-order chi connectivity index (χ1) is 9.47. The molecule has 1 aliphatic carbocycles. The molecule has 104 valence electrons. The Morgan fingerprint density at radius 3 is 2.75 bits per heavy atom. The van der Waals surface area contributed by atoms with Crippen LogP contribution in [0.1, 0.15) is 31.0 Å². The van der Waals surface area contributed by atoms with Crippen LogP contribution in [0.25, 0.3) is 0 Å². The normalized spacial score (nSPS) is 19.7. The van der Waals surface area contributed by atoms with Crippen LogP contribution in [0, 0.1) is 5.41 Å². The fourth-order valence-corrected chi connectivity index (χ4v) is 3.56. The first-order valence-electron chi connectivity index (χ1n) is 6.77. The van der Waals surface area contributed by atoms with Crippen LogP contribution in [0.4, 0.5) is 5.69 Å². The summed E-state index contributed by atoms with van der Waals surface area (Å²) in [5.41, 5.74) is 3.97. The topological polar surface area (TPSA) is 12.0 Å². The lowest BCUT2D eigenvalue weighted by Gasteiger charge is -2.30. The van der Waals surface area contributed by atoms with Gasteiger partial charge in [-0.15, -0.1) is 0 Å². The molecular weight excluding hydrogens is 334 g/mol. The van der Waals surface area contributed by atoms with Crippen LogP contribution >= 0.6 is 27.5 Å². The Morgan fingerprint density at radius 1 is 1.20 bits per heavy atom. The summed E-state index contributed by atoms with van der Waals surface area (Å²) in [6.07, 6.45) is 1.09. The quantitative estimate of drug-likeness (QED) is 0.717. The molecule has 1 N–H and O–H groups in total. The van der Waals surface area contributed by atoms with E-state index in [9.17, 15) is 0 Å². The lowest BCUT2D eigenvalue weighted by molar-refractivity contribution is 0.337. The fourth-order valence-electron chi connectivity index (χ4n) is 3.03. The zero-order valence-corrected chi connectivity index (χ0v) is 13.9. The number of halogens is 2. The van der Waals surface area contributed by atoms with Crippen molar-refractivity contribution in [2.24, 2.45) is 5.41 Å². The number of hydrogen-bond donors (Lipinski definition) is 1. The van der Waals surface area contributed by atoms with E-state index in [0.717, 1.165) is 21.6 Å². The van der Waals surface area contributed by atoms with Crippen molar-refractivity contribution >= 4 is 33.2 Å². The molecule has 1 nitrogen and oxygen atoms in total. The molecule has 0 radical (unpaired) electrons. The minimum absolute atomic E-state index is 0.176. The average molecular weight is 351 g/mol. The third-order valence-electron chi connectivity index (χ3n) is 4.02. The summed E-state index contributed by atoms with van der Waals surface area (Å²) in [5.74, 6) is 0. The summed E-state index contributed by atoms with van der Waals surface area (Å²) in [6.45, 7) is 4.60. The summed E-state index contributed by atoms with van der Waals surface area (Å²) in [5, 5.41) is 4.39. The number of benzene rings is 2. The summed E-state index contributed by atoms with van der Waals surface area (Å²) < 4.78 is 1.04. The lowest BCUT2D eigenvalue weighted by Crippen LogP contribution is -2.24. The minimum atomic E-state index is 0.176.